The number of aryl methyl sites for hydroxylation is 2. The van der Waals surface area contributed by atoms with Crippen LogP contribution < -0.4 is 5.32 Å². The number of hydrogen-bond donors (Lipinski definition) is 1. The Kier molecular flexibility index (Phi) is 4.94. The number of nitrogens with zero attached hydrogens (tertiary/aromatic N) is 1. The summed E-state index contributed by atoms with van der Waals surface area (Å²) in [5.41, 5.74) is 7.60. The number of carbonyl (C=O) groups is 1. The molecule has 0 saturated carbocycles. The minimum absolute atomic E-state index is 0.0290. The number of hydrogen-bond acceptors (Lipinski definition) is 3. The van der Waals surface area contributed by atoms with Crippen molar-refractivity contribution in [3.63, 3.8) is 0 Å². The van der Waals surface area contributed by atoms with Gasteiger partial charge >= 0.3 is 0 Å². The van der Waals surface area contributed by atoms with Crippen LogP contribution >= 0.6 is 22.9 Å². The van der Waals surface area contributed by atoms with E-state index in [0.29, 0.717) is 5.13 Å². The van der Waals surface area contributed by atoms with Gasteiger partial charge in [-0.1, -0.05) is 72.3 Å². The third-order valence-corrected chi connectivity index (χ3v) is 8.90. The van der Waals surface area contributed by atoms with E-state index < -0.39 is 5.41 Å². The maximum absolute atomic E-state index is 13.9. The zero-order valence-corrected chi connectivity index (χ0v) is 20.9. The average Bonchev–Trinajstić information content (AvgIpc) is 3.20. The minimum Gasteiger partial charge on any atom is -0.301 e. The van der Waals surface area contributed by atoms with Gasteiger partial charge in [-0.15, -0.1) is 11.3 Å². The predicted molar refractivity (Wildman–Crippen MR) is 140 cm³/mol. The fraction of sp³-hybridized carbons (Fsp3) is 0.241. The number of aromatic nitrogens is 1. The van der Waals surface area contributed by atoms with Crippen LogP contribution in [0, 0.1) is 19.3 Å². The van der Waals surface area contributed by atoms with Crippen LogP contribution in [-0.2, 0) is 4.79 Å². The molecule has 0 aliphatic heterocycles. The van der Waals surface area contributed by atoms with Crippen LogP contribution in [0.4, 0.5) is 5.13 Å². The molecule has 170 valence electrons. The molecular weight excluding hydrogens is 460 g/mol. The van der Waals surface area contributed by atoms with Crippen molar-refractivity contribution in [2.24, 2.45) is 5.41 Å². The average molecular weight is 485 g/mol. The first-order chi connectivity index (χ1) is 16.4. The van der Waals surface area contributed by atoms with Crippen LogP contribution in [0.5, 0.6) is 0 Å². The van der Waals surface area contributed by atoms with E-state index in [1.807, 2.05) is 32.0 Å². The number of nitrogens with one attached hydrogen (secondary N) is 1. The molecule has 3 aliphatic carbocycles. The number of carbonyl (C=O) groups excluding carboxylic acids is 1. The van der Waals surface area contributed by atoms with Crippen molar-refractivity contribution in [1.29, 1.82) is 0 Å². The first kappa shape index (κ1) is 21.6. The van der Waals surface area contributed by atoms with Crippen molar-refractivity contribution in [3.05, 3.63) is 104 Å². The predicted octanol–water partition coefficient (Wildman–Crippen LogP) is 7.71. The third kappa shape index (κ3) is 3.16. The third-order valence-electron chi connectivity index (χ3n) is 7.61. The van der Waals surface area contributed by atoms with Gasteiger partial charge in [0, 0.05) is 27.3 Å². The Hall–Kier alpha value is -2.95. The van der Waals surface area contributed by atoms with E-state index in [-0.39, 0.29) is 17.7 Å². The Bertz CT molecular complexity index is 1410. The van der Waals surface area contributed by atoms with Crippen LogP contribution in [0.2, 0.25) is 5.02 Å². The monoisotopic (exact) mass is 484 g/mol. The zero-order chi connectivity index (χ0) is 23.6. The lowest BCUT2D eigenvalue weighted by Crippen LogP contribution is -2.47. The molecule has 1 N–H and O–H groups in total. The van der Waals surface area contributed by atoms with Crippen molar-refractivity contribution in [2.75, 3.05) is 5.32 Å². The highest BCUT2D eigenvalue weighted by Gasteiger charge is 2.54. The Morgan fingerprint density at radius 1 is 1.00 bits per heavy atom. The molecular formula is C29H25ClN2OS. The normalized spacial score (nSPS) is 22.2. The van der Waals surface area contributed by atoms with Crippen LogP contribution in [-0.4, -0.2) is 10.9 Å². The molecule has 0 fully saturated rings. The van der Waals surface area contributed by atoms with Gasteiger partial charge in [-0.25, -0.2) is 4.98 Å². The molecule has 3 nitrogen and oxygen atoms in total. The van der Waals surface area contributed by atoms with Gasteiger partial charge in [0.2, 0.25) is 5.91 Å². The highest BCUT2D eigenvalue weighted by Crippen LogP contribution is 2.61. The van der Waals surface area contributed by atoms with Crippen molar-refractivity contribution >= 4 is 34.0 Å². The molecule has 1 amide bonds. The second kappa shape index (κ2) is 7.79. The van der Waals surface area contributed by atoms with E-state index in [2.05, 4.69) is 60.8 Å². The molecule has 0 spiro atoms. The van der Waals surface area contributed by atoms with Gasteiger partial charge in [-0.05, 0) is 61.1 Å². The van der Waals surface area contributed by atoms with E-state index in [0.717, 1.165) is 33.1 Å². The quantitative estimate of drug-likeness (QED) is 0.323. The number of anilines is 1. The number of fused-ring (bicyclic) bond motifs is 1. The molecule has 7 rings (SSSR count). The molecule has 1 atom stereocenters. The standard InChI is InChI=1S/C29H25ClN2OS/c1-16-12-13-18(14-24(16)30)26-17(2)34-28(31-26)32-27(33)29(3)15-23-19-8-4-6-10-21(19)25(29)22-11-7-5-9-20(22)23/h4-14,23,25H,15H2,1-3H3,(H,31,32,33). The smallest absolute Gasteiger partial charge is 0.233 e. The number of amides is 1. The minimum atomic E-state index is -0.555. The van der Waals surface area contributed by atoms with Gasteiger partial charge in [-0.2, -0.15) is 0 Å². The second-order valence-electron chi connectivity index (χ2n) is 9.71. The molecule has 1 unspecified atom stereocenters. The fourth-order valence-corrected chi connectivity index (χ4v) is 6.90. The van der Waals surface area contributed by atoms with Gasteiger partial charge in [0.1, 0.15) is 0 Å². The number of halogens is 1. The SMILES string of the molecule is Cc1ccc(-c2nc(NC(=O)C3(C)CC4c5ccccc5C3c3ccccc34)sc2C)cc1Cl. The lowest BCUT2D eigenvalue weighted by atomic mass is 9.52. The maximum Gasteiger partial charge on any atom is 0.233 e. The largest absolute Gasteiger partial charge is 0.301 e. The topological polar surface area (TPSA) is 42.0 Å². The Morgan fingerprint density at radius 3 is 2.24 bits per heavy atom. The van der Waals surface area contributed by atoms with Crippen LogP contribution in [0.15, 0.2) is 66.7 Å². The van der Waals surface area contributed by atoms with E-state index >= 15 is 0 Å². The summed E-state index contributed by atoms with van der Waals surface area (Å²) in [6.07, 6.45) is 0.794. The van der Waals surface area contributed by atoms with Gasteiger partial charge in [-0.3, -0.25) is 4.79 Å². The van der Waals surface area contributed by atoms with E-state index in [4.69, 9.17) is 16.6 Å². The van der Waals surface area contributed by atoms with E-state index in [1.54, 1.807) is 0 Å². The van der Waals surface area contributed by atoms with Crippen molar-refractivity contribution in [1.82, 2.24) is 4.98 Å². The molecule has 34 heavy (non-hydrogen) atoms. The molecule has 4 aromatic rings. The molecule has 1 aromatic heterocycles. The molecule has 1 heterocycles. The summed E-state index contributed by atoms with van der Waals surface area (Å²) in [6, 6.07) is 23.2. The van der Waals surface area contributed by atoms with Crippen molar-refractivity contribution < 1.29 is 4.79 Å². The van der Waals surface area contributed by atoms with E-state index in [1.165, 1.54) is 33.6 Å². The summed E-state index contributed by atoms with van der Waals surface area (Å²) in [5.74, 6) is 0.298. The van der Waals surface area contributed by atoms with E-state index in [9.17, 15) is 4.79 Å². The summed E-state index contributed by atoms with van der Waals surface area (Å²) in [7, 11) is 0. The number of thiazole rings is 1. The lowest BCUT2D eigenvalue weighted by Gasteiger charge is -2.50. The Balaban J connectivity index is 1.36. The lowest BCUT2D eigenvalue weighted by molar-refractivity contribution is -0.126. The summed E-state index contributed by atoms with van der Waals surface area (Å²) >= 11 is 7.87. The van der Waals surface area contributed by atoms with Gasteiger partial charge in [0.05, 0.1) is 11.1 Å². The zero-order valence-electron chi connectivity index (χ0n) is 19.4. The molecule has 3 aromatic carbocycles. The highest BCUT2D eigenvalue weighted by molar-refractivity contribution is 7.16. The fourth-order valence-electron chi connectivity index (χ4n) is 5.89. The van der Waals surface area contributed by atoms with Crippen molar-refractivity contribution in [3.8, 4) is 11.3 Å². The van der Waals surface area contributed by atoms with Gasteiger partial charge in [0.25, 0.3) is 0 Å². The summed E-state index contributed by atoms with van der Waals surface area (Å²) in [6.45, 7) is 6.14. The molecule has 5 heteroatoms. The first-order valence-corrected chi connectivity index (χ1v) is 12.8. The summed E-state index contributed by atoms with van der Waals surface area (Å²) < 4.78 is 0. The van der Waals surface area contributed by atoms with Gasteiger partial charge < -0.3 is 5.32 Å². The van der Waals surface area contributed by atoms with Gasteiger partial charge in [0.15, 0.2) is 5.13 Å². The summed E-state index contributed by atoms with van der Waals surface area (Å²) in [5, 5.41) is 4.55. The van der Waals surface area contributed by atoms with Crippen LogP contribution in [0.25, 0.3) is 11.3 Å². The number of benzene rings is 3. The summed E-state index contributed by atoms with van der Waals surface area (Å²) in [4.78, 5) is 19.7. The molecule has 0 radical (unpaired) electrons. The molecule has 0 saturated heterocycles. The second-order valence-corrected chi connectivity index (χ2v) is 11.3. The molecule has 2 bridgehead atoms. The maximum atomic E-state index is 13.9. The Labute approximate surface area is 208 Å². The van der Waals surface area contributed by atoms with Crippen LogP contribution in [0.1, 0.15) is 57.9 Å². The van der Waals surface area contributed by atoms with Crippen LogP contribution in [0.3, 0.4) is 0 Å². The highest BCUT2D eigenvalue weighted by atomic mass is 35.5. The first-order valence-electron chi connectivity index (χ1n) is 11.6. The number of rotatable bonds is 3. The molecule has 3 aliphatic rings. The van der Waals surface area contributed by atoms with Crippen molar-refractivity contribution in [2.45, 2.75) is 39.0 Å². The Morgan fingerprint density at radius 2 is 1.62 bits per heavy atom.